The lowest BCUT2D eigenvalue weighted by atomic mass is 10.2. The molecule has 102 valence electrons. The molecule has 1 unspecified atom stereocenters. The van der Waals surface area contributed by atoms with Gasteiger partial charge in [-0.1, -0.05) is 39.5 Å². The van der Waals surface area contributed by atoms with E-state index >= 15 is 0 Å². The summed E-state index contributed by atoms with van der Waals surface area (Å²) in [6.45, 7) is 3.99. The van der Waals surface area contributed by atoms with E-state index in [1.807, 2.05) is 13.8 Å². The van der Waals surface area contributed by atoms with Crippen molar-refractivity contribution in [3.63, 3.8) is 0 Å². The molecule has 1 atom stereocenters. The lowest BCUT2D eigenvalue weighted by Gasteiger charge is -2.14. The fraction of sp³-hybridized carbons (Fsp3) is 0.917. The van der Waals surface area contributed by atoms with E-state index in [9.17, 15) is 13.2 Å². The lowest BCUT2D eigenvalue weighted by Crippen LogP contribution is -2.33. The van der Waals surface area contributed by atoms with Gasteiger partial charge in [0.1, 0.15) is 0 Å². The van der Waals surface area contributed by atoms with E-state index in [1.54, 1.807) is 0 Å². The molecule has 0 amide bonds. The standard InChI is InChI=1S/C12H24O4S/c1-4-6-8-10-17(14,15)11(9-7-5-2)12(13)16-3/h11H,4-10H2,1-3H3. The van der Waals surface area contributed by atoms with Gasteiger partial charge in [-0.05, 0) is 12.8 Å². The third-order valence-electron chi connectivity index (χ3n) is 2.75. The summed E-state index contributed by atoms with van der Waals surface area (Å²) >= 11 is 0. The summed E-state index contributed by atoms with van der Waals surface area (Å²) in [7, 11) is -2.11. The van der Waals surface area contributed by atoms with Crippen molar-refractivity contribution in [2.24, 2.45) is 0 Å². The molecule has 0 bridgehead atoms. The molecule has 0 aromatic rings. The first-order valence-corrected chi connectivity index (χ1v) is 8.00. The van der Waals surface area contributed by atoms with Crippen LogP contribution in [0.4, 0.5) is 0 Å². The topological polar surface area (TPSA) is 60.4 Å². The molecule has 0 aromatic carbocycles. The molecule has 0 N–H and O–H groups in total. The SMILES string of the molecule is CCCCCS(=O)(=O)C(CCCC)C(=O)OC. The number of hydrogen-bond donors (Lipinski definition) is 0. The zero-order valence-electron chi connectivity index (χ0n) is 11.1. The Kier molecular flexibility index (Phi) is 8.21. The number of sulfone groups is 1. The average Bonchev–Trinajstić information content (AvgIpc) is 2.29. The van der Waals surface area contributed by atoms with Gasteiger partial charge in [-0.2, -0.15) is 0 Å². The molecule has 5 heteroatoms. The summed E-state index contributed by atoms with van der Waals surface area (Å²) in [5.41, 5.74) is 0. The third-order valence-corrected chi connectivity index (χ3v) is 4.90. The Labute approximate surface area is 105 Å². The zero-order chi connectivity index (χ0) is 13.3. The van der Waals surface area contributed by atoms with E-state index in [2.05, 4.69) is 4.74 Å². The second-order valence-electron chi connectivity index (χ2n) is 4.23. The molecule has 0 heterocycles. The van der Waals surface area contributed by atoms with Crippen molar-refractivity contribution in [3.05, 3.63) is 0 Å². The Bertz CT molecular complexity index is 308. The van der Waals surface area contributed by atoms with Crippen molar-refractivity contribution >= 4 is 15.8 Å². The fourth-order valence-corrected chi connectivity index (χ4v) is 3.47. The second-order valence-corrected chi connectivity index (χ2v) is 6.53. The van der Waals surface area contributed by atoms with Crippen molar-refractivity contribution in [1.82, 2.24) is 0 Å². The predicted octanol–water partition coefficient (Wildman–Crippen LogP) is 2.32. The van der Waals surface area contributed by atoms with E-state index in [0.717, 1.165) is 25.7 Å². The van der Waals surface area contributed by atoms with Crippen molar-refractivity contribution in [1.29, 1.82) is 0 Å². The summed E-state index contributed by atoms with van der Waals surface area (Å²) in [5, 5.41) is -0.968. The van der Waals surface area contributed by atoms with Gasteiger partial charge in [0.05, 0.1) is 12.9 Å². The van der Waals surface area contributed by atoms with Gasteiger partial charge in [0, 0.05) is 0 Å². The minimum atomic E-state index is -3.35. The molecule has 0 aliphatic rings. The Hall–Kier alpha value is -0.580. The van der Waals surface area contributed by atoms with Crippen LogP contribution in [0.3, 0.4) is 0 Å². The van der Waals surface area contributed by atoms with Crippen LogP contribution in [-0.2, 0) is 19.4 Å². The van der Waals surface area contributed by atoms with E-state index < -0.39 is 21.1 Å². The summed E-state index contributed by atoms with van der Waals surface area (Å²) in [6, 6.07) is 0. The second kappa shape index (κ2) is 8.50. The van der Waals surface area contributed by atoms with Crippen LogP contribution in [0.25, 0.3) is 0 Å². The number of esters is 1. The molecule has 0 rings (SSSR count). The highest BCUT2D eigenvalue weighted by Crippen LogP contribution is 2.15. The Balaban J connectivity index is 4.59. The van der Waals surface area contributed by atoms with Gasteiger partial charge < -0.3 is 4.74 Å². The van der Waals surface area contributed by atoms with Gasteiger partial charge in [0.25, 0.3) is 0 Å². The van der Waals surface area contributed by atoms with Crippen LogP contribution in [0.15, 0.2) is 0 Å². The third kappa shape index (κ3) is 6.05. The molecule has 0 saturated carbocycles. The number of carbonyl (C=O) groups excluding carboxylic acids is 1. The van der Waals surface area contributed by atoms with Gasteiger partial charge in [0.15, 0.2) is 15.1 Å². The zero-order valence-corrected chi connectivity index (χ0v) is 11.9. The molecule has 0 radical (unpaired) electrons. The largest absolute Gasteiger partial charge is 0.468 e. The highest BCUT2D eigenvalue weighted by molar-refractivity contribution is 7.92. The first kappa shape index (κ1) is 16.4. The monoisotopic (exact) mass is 264 g/mol. The Morgan fingerprint density at radius 3 is 2.18 bits per heavy atom. The molecule has 4 nitrogen and oxygen atoms in total. The van der Waals surface area contributed by atoms with Crippen LogP contribution in [0.5, 0.6) is 0 Å². The van der Waals surface area contributed by atoms with Gasteiger partial charge in [-0.15, -0.1) is 0 Å². The summed E-state index contributed by atoms with van der Waals surface area (Å²) < 4.78 is 28.6. The maximum atomic E-state index is 12.0. The highest BCUT2D eigenvalue weighted by atomic mass is 32.2. The van der Waals surface area contributed by atoms with Gasteiger partial charge >= 0.3 is 5.97 Å². The molecule has 0 aliphatic heterocycles. The van der Waals surface area contributed by atoms with E-state index in [1.165, 1.54) is 7.11 Å². The lowest BCUT2D eigenvalue weighted by molar-refractivity contribution is -0.140. The van der Waals surface area contributed by atoms with Crippen molar-refractivity contribution < 1.29 is 17.9 Å². The van der Waals surface area contributed by atoms with E-state index in [-0.39, 0.29) is 5.75 Å². The van der Waals surface area contributed by atoms with Crippen LogP contribution in [0.1, 0.15) is 52.4 Å². The van der Waals surface area contributed by atoms with Crippen LogP contribution in [0.2, 0.25) is 0 Å². The minimum absolute atomic E-state index is 0.0876. The number of unbranched alkanes of at least 4 members (excludes halogenated alkanes) is 3. The summed E-state index contributed by atoms with van der Waals surface area (Å²) in [5.74, 6) is -0.528. The van der Waals surface area contributed by atoms with Crippen molar-refractivity contribution in [2.45, 2.75) is 57.6 Å². The highest BCUT2D eigenvalue weighted by Gasteiger charge is 2.32. The van der Waals surface area contributed by atoms with Crippen LogP contribution < -0.4 is 0 Å². The maximum Gasteiger partial charge on any atom is 0.324 e. The van der Waals surface area contributed by atoms with Gasteiger partial charge in [0.2, 0.25) is 0 Å². The quantitative estimate of drug-likeness (QED) is 0.473. The number of carbonyl (C=O) groups is 1. The molecular formula is C12H24O4S. The molecular weight excluding hydrogens is 240 g/mol. The minimum Gasteiger partial charge on any atom is -0.468 e. The van der Waals surface area contributed by atoms with Crippen LogP contribution in [0, 0.1) is 0 Å². The van der Waals surface area contributed by atoms with Crippen LogP contribution >= 0.6 is 0 Å². The molecule has 0 fully saturated rings. The molecule has 0 aliphatic carbocycles. The number of hydrogen-bond acceptors (Lipinski definition) is 4. The average molecular weight is 264 g/mol. The number of ether oxygens (including phenoxy) is 1. The number of methoxy groups -OCH3 is 1. The van der Waals surface area contributed by atoms with Crippen molar-refractivity contribution in [2.75, 3.05) is 12.9 Å². The Morgan fingerprint density at radius 2 is 1.71 bits per heavy atom. The molecule has 0 saturated heterocycles. The van der Waals surface area contributed by atoms with Crippen molar-refractivity contribution in [3.8, 4) is 0 Å². The first-order valence-electron chi connectivity index (χ1n) is 6.29. The van der Waals surface area contributed by atoms with E-state index in [4.69, 9.17) is 0 Å². The number of rotatable bonds is 9. The normalized spacial score (nSPS) is 13.4. The maximum absolute atomic E-state index is 12.0. The molecule has 0 spiro atoms. The van der Waals surface area contributed by atoms with Gasteiger partial charge in [-0.25, -0.2) is 8.42 Å². The molecule has 0 aromatic heterocycles. The summed E-state index contributed by atoms with van der Waals surface area (Å²) in [4.78, 5) is 11.5. The smallest absolute Gasteiger partial charge is 0.324 e. The summed E-state index contributed by atoms with van der Waals surface area (Å²) in [6.07, 6.45) is 4.44. The molecule has 17 heavy (non-hydrogen) atoms. The van der Waals surface area contributed by atoms with Crippen LogP contribution in [-0.4, -0.2) is 32.5 Å². The van der Waals surface area contributed by atoms with Gasteiger partial charge in [-0.3, -0.25) is 4.79 Å². The fourth-order valence-electron chi connectivity index (χ4n) is 1.66. The Morgan fingerprint density at radius 1 is 1.12 bits per heavy atom. The van der Waals surface area contributed by atoms with E-state index in [0.29, 0.717) is 12.8 Å². The predicted molar refractivity (Wildman–Crippen MR) is 68.6 cm³/mol. The first-order chi connectivity index (χ1) is 7.99.